The van der Waals surface area contributed by atoms with Gasteiger partial charge >= 0.3 is 6.09 Å². The number of thiazole rings is 1. The van der Waals surface area contributed by atoms with Crippen molar-refractivity contribution in [3.05, 3.63) is 29.6 Å². The third kappa shape index (κ3) is 9.18. The van der Waals surface area contributed by atoms with E-state index in [9.17, 15) is 18.0 Å². The Bertz CT molecular complexity index is 1010. The zero-order valence-electron chi connectivity index (χ0n) is 17.7. The summed E-state index contributed by atoms with van der Waals surface area (Å²) in [6.45, 7) is 3.98. The van der Waals surface area contributed by atoms with Gasteiger partial charge in [0.25, 0.3) is 10.2 Å². The summed E-state index contributed by atoms with van der Waals surface area (Å²) >= 11 is 1.22. The SMILES string of the molecule is CC(C)Oc1ccc(-c2csc(NC(=O)C(CCCCNS(N)(=O)=O)NC(=O)O)n2)cc1. The summed E-state index contributed by atoms with van der Waals surface area (Å²) in [5, 5.41) is 20.8. The van der Waals surface area contributed by atoms with Crippen LogP contribution in [0.4, 0.5) is 9.93 Å². The van der Waals surface area contributed by atoms with Gasteiger partial charge in [-0.05, 0) is 57.4 Å². The Morgan fingerprint density at radius 3 is 2.50 bits per heavy atom. The summed E-state index contributed by atoms with van der Waals surface area (Å²) in [6, 6.07) is 6.39. The fraction of sp³-hybridized carbons (Fsp3) is 0.421. The molecule has 6 N–H and O–H groups in total. The number of anilines is 1. The van der Waals surface area contributed by atoms with Crippen LogP contribution in [0.25, 0.3) is 11.3 Å². The fourth-order valence-electron chi connectivity index (χ4n) is 2.74. The number of hydrogen-bond donors (Lipinski definition) is 5. The van der Waals surface area contributed by atoms with Gasteiger partial charge in [0.15, 0.2) is 5.13 Å². The molecule has 13 heteroatoms. The number of hydrogen-bond acceptors (Lipinski definition) is 7. The predicted octanol–water partition coefficient (Wildman–Crippen LogP) is 2.14. The van der Waals surface area contributed by atoms with E-state index in [4.69, 9.17) is 15.0 Å². The van der Waals surface area contributed by atoms with E-state index in [0.29, 0.717) is 23.7 Å². The molecule has 0 aliphatic carbocycles. The largest absolute Gasteiger partial charge is 0.491 e. The Morgan fingerprint density at radius 2 is 1.91 bits per heavy atom. The first-order chi connectivity index (χ1) is 15.0. The molecule has 32 heavy (non-hydrogen) atoms. The molecule has 0 radical (unpaired) electrons. The Labute approximate surface area is 190 Å². The first kappa shape index (κ1) is 25.5. The van der Waals surface area contributed by atoms with Crippen molar-refractivity contribution in [3.8, 4) is 17.0 Å². The molecule has 2 aromatic rings. The highest BCUT2D eigenvalue weighted by Gasteiger charge is 2.21. The maximum atomic E-state index is 12.5. The van der Waals surface area contributed by atoms with Crippen molar-refractivity contribution < 1.29 is 27.9 Å². The zero-order valence-corrected chi connectivity index (χ0v) is 19.3. The van der Waals surface area contributed by atoms with Crippen LogP contribution in [-0.2, 0) is 15.0 Å². The van der Waals surface area contributed by atoms with Crippen molar-refractivity contribution in [3.63, 3.8) is 0 Å². The molecule has 1 aromatic heterocycles. The molecule has 1 heterocycles. The van der Waals surface area contributed by atoms with Crippen LogP contribution in [0, 0.1) is 0 Å². The maximum Gasteiger partial charge on any atom is 0.405 e. The molecular weight excluding hydrogens is 458 g/mol. The number of amides is 2. The molecule has 0 aliphatic heterocycles. The minimum Gasteiger partial charge on any atom is -0.491 e. The number of benzene rings is 1. The number of carbonyl (C=O) groups excluding carboxylic acids is 1. The highest BCUT2D eigenvalue weighted by molar-refractivity contribution is 7.87. The summed E-state index contributed by atoms with van der Waals surface area (Å²) < 4.78 is 29.4. The summed E-state index contributed by atoms with van der Waals surface area (Å²) in [5.41, 5.74) is 1.51. The van der Waals surface area contributed by atoms with Gasteiger partial charge in [-0.25, -0.2) is 19.6 Å². The number of nitrogens with zero attached hydrogens (tertiary/aromatic N) is 1. The Kier molecular flexibility index (Phi) is 9.38. The molecule has 0 fully saturated rings. The number of unbranched alkanes of at least 4 members (excludes halogenated alkanes) is 1. The van der Waals surface area contributed by atoms with Crippen molar-refractivity contribution in [1.82, 2.24) is 15.0 Å². The summed E-state index contributed by atoms with van der Waals surface area (Å²) in [4.78, 5) is 28.0. The van der Waals surface area contributed by atoms with Crippen LogP contribution >= 0.6 is 11.3 Å². The van der Waals surface area contributed by atoms with Gasteiger partial charge in [-0.2, -0.15) is 8.42 Å². The molecule has 11 nitrogen and oxygen atoms in total. The third-order valence-corrected chi connectivity index (χ3v) is 5.46. The monoisotopic (exact) mass is 485 g/mol. The predicted molar refractivity (Wildman–Crippen MR) is 122 cm³/mol. The van der Waals surface area contributed by atoms with E-state index in [0.717, 1.165) is 11.3 Å². The topological polar surface area (TPSA) is 173 Å². The molecule has 0 aliphatic rings. The van der Waals surface area contributed by atoms with Crippen LogP contribution in [0.2, 0.25) is 0 Å². The maximum absolute atomic E-state index is 12.5. The normalized spacial score (nSPS) is 12.4. The van der Waals surface area contributed by atoms with E-state index in [1.165, 1.54) is 11.3 Å². The summed E-state index contributed by atoms with van der Waals surface area (Å²) in [7, 11) is -3.78. The van der Waals surface area contributed by atoms with E-state index >= 15 is 0 Å². The van der Waals surface area contributed by atoms with Gasteiger partial charge in [-0.15, -0.1) is 11.3 Å². The van der Waals surface area contributed by atoms with E-state index in [1.54, 1.807) is 5.38 Å². The lowest BCUT2D eigenvalue weighted by molar-refractivity contribution is -0.118. The van der Waals surface area contributed by atoms with Gasteiger partial charge in [0.2, 0.25) is 5.91 Å². The van der Waals surface area contributed by atoms with Gasteiger partial charge in [-0.1, -0.05) is 0 Å². The first-order valence-electron chi connectivity index (χ1n) is 9.84. The van der Waals surface area contributed by atoms with Gasteiger partial charge < -0.3 is 20.5 Å². The van der Waals surface area contributed by atoms with Gasteiger partial charge in [0.05, 0.1) is 11.8 Å². The van der Waals surface area contributed by atoms with Crippen LogP contribution in [0.1, 0.15) is 33.1 Å². The van der Waals surface area contributed by atoms with Crippen molar-refractivity contribution in [2.45, 2.75) is 45.3 Å². The van der Waals surface area contributed by atoms with Crippen molar-refractivity contribution in [1.29, 1.82) is 0 Å². The second-order valence-electron chi connectivity index (χ2n) is 7.16. The van der Waals surface area contributed by atoms with Gasteiger partial charge in [0.1, 0.15) is 11.8 Å². The second-order valence-corrected chi connectivity index (χ2v) is 9.39. The van der Waals surface area contributed by atoms with Gasteiger partial charge in [0, 0.05) is 17.5 Å². The molecule has 0 saturated heterocycles. The molecule has 0 spiro atoms. The van der Waals surface area contributed by atoms with Gasteiger partial charge in [-0.3, -0.25) is 4.79 Å². The number of nitrogens with one attached hydrogen (secondary N) is 3. The Balaban J connectivity index is 1.94. The quantitative estimate of drug-likeness (QED) is 0.286. The summed E-state index contributed by atoms with van der Waals surface area (Å²) in [6.07, 6.45) is -0.301. The van der Waals surface area contributed by atoms with Crippen molar-refractivity contribution in [2.24, 2.45) is 5.14 Å². The molecular formula is C19H27N5O6S2. The average molecular weight is 486 g/mol. The zero-order chi connectivity index (χ0) is 23.7. The van der Waals surface area contributed by atoms with Crippen molar-refractivity contribution in [2.75, 3.05) is 11.9 Å². The van der Waals surface area contributed by atoms with Crippen LogP contribution in [0.15, 0.2) is 29.6 Å². The number of aromatic nitrogens is 1. The standard InChI is InChI=1S/C19H27N5O6S2/c1-12(2)30-14-8-6-13(7-9-14)16-11-31-18(22-16)24-17(25)15(23-19(26)27)5-3-4-10-21-32(20,28)29/h6-9,11-12,15,21,23H,3-5,10H2,1-2H3,(H,26,27)(H2,20,28,29)(H,22,24,25). The minimum absolute atomic E-state index is 0.0688. The van der Waals surface area contributed by atoms with Crippen molar-refractivity contribution >= 4 is 38.7 Å². The smallest absolute Gasteiger partial charge is 0.405 e. The molecule has 1 aromatic carbocycles. The number of rotatable bonds is 12. The highest BCUT2D eigenvalue weighted by atomic mass is 32.2. The lowest BCUT2D eigenvalue weighted by atomic mass is 10.1. The van der Waals surface area contributed by atoms with E-state index in [2.05, 4.69) is 20.3 Å². The lowest BCUT2D eigenvalue weighted by Crippen LogP contribution is -2.43. The van der Waals surface area contributed by atoms with Crippen LogP contribution in [0.5, 0.6) is 5.75 Å². The molecule has 1 atom stereocenters. The second kappa shape index (κ2) is 11.8. The molecule has 2 rings (SSSR count). The third-order valence-electron chi connectivity index (χ3n) is 4.09. The van der Waals surface area contributed by atoms with Crippen LogP contribution in [0.3, 0.4) is 0 Å². The molecule has 0 bridgehead atoms. The first-order valence-corrected chi connectivity index (χ1v) is 12.3. The molecule has 0 saturated carbocycles. The summed E-state index contributed by atoms with van der Waals surface area (Å²) in [5.74, 6) is 0.197. The molecule has 2 amide bonds. The van der Waals surface area contributed by atoms with E-state index < -0.39 is 28.3 Å². The molecule has 176 valence electrons. The number of nitrogens with two attached hydrogens (primary N) is 1. The Hall–Kier alpha value is -2.74. The minimum atomic E-state index is -3.78. The highest BCUT2D eigenvalue weighted by Crippen LogP contribution is 2.27. The number of carboxylic acid groups (broad SMARTS) is 1. The number of ether oxygens (including phenoxy) is 1. The van der Waals surface area contributed by atoms with Crippen LogP contribution < -0.4 is 25.2 Å². The number of carbonyl (C=O) groups is 2. The van der Waals surface area contributed by atoms with E-state index in [-0.39, 0.29) is 19.1 Å². The van der Waals surface area contributed by atoms with E-state index in [1.807, 2.05) is 38.1 Å². The Morgan fingerprint density at radius 1 is 1.22 bits per heavy atom. The average Bonchev–Trinajstić information content (AvgIpc) is 3.14. The fourth-order valence-corrected chi connectivity index (χ4v) is 3.89. The van der Waals surface area contributed by atoms with Crippen LogP contribution in [-0.4, -0.2) is 49.2 Å². The lowest BCUT2D eigenvalue weighted by Gasteiger charge is -2.15. The molecule has 1 unspecified atom stereocenters.